The molecule has 0 fully saturated rings. The molecule has 1 N–H and O–H groups in total. The Hall–Kier alpha value is -2.40. The zero-order chi connectivity index (χ0) is 22.1. The van der Waals surface area contributed by atoms with Gasteiger partial charge in [0, 0.05) is 24.3 Å². The van der Waals surface area contributed by atoms with Crippen molar-refractivity contribution in [3.63, 3.8) is 0 Å². The van der Waals surface area contributed by atoms with E-state index >= 15 is 0 Å². The number of carboxylic acids is 1. The highest BCUT2D eigenvalue weighted by Gasteiger charge is 2.39. The molecule has 0 bridgehead atoms. The number of aliphatic carboxylic acids is 1. The van der Waals surface area contributed by atoms with Crippen molar-refractivity contribution >= 4 is 23.1 Å². The monoisotopic (exact) mass is 434 g/mol. The normalized spacial score (nSPS) is 15.5. The molecule has 0 spiro atoms. The van der Waals surface area contributed by atoms with Crippen molar-refractivity contribution in [2.75, 3.05) is 6.61 Å². The third kappa shape index (κ3) is 5.01. The van der Waals surface area contributed by atoms with Crippen LogP contribution in [0.25, 0.3) is 5.57 Å². The Labute approximate surface area is 180 Å². The molecule has 0 aromatic heterocycles. The number of halogens is 3. The van der Waals surface area contributed by atoms with E-state index in [9.17, 15) is 13.6 Å². The van der Waals surface area contributed by atoms with Crippen LogP contribution in [0.1, 0.15) is 47.1 Å². The molecule has 1 aliphatic carbocycles. The summed E-state index contributed by atoms with van der Waals surface area (Å²) in [7, 11) is 0. The molecule has 0 saturated heterocycles. The van der Waals surface area contributed by atoms with Gasteiger partial charge in [-0.3, -0.25) is 4.79 Å². The predicted molar refractivity (Wildman–Crippen MR) is 115 cm³/mol. The number of allylic oxidation sites excluding steroid dienone is 1. The first-order valence-corrected chi connectivity index (χ1v) is 10.2. The first-order chi connectivity index (χ1) is 14.1. The Balaban J connectivity index is 1.82. The second-order valence-corrected chi connectivity index (χ2v) is 8.32. The maximum absolute atomic E-state index is 14.2. The number of rotatable bonds is 7. The number of carbonyl (C=O) groups is 1. The minimum absolute atomic E-state index is 0.0618. The van der Waals surface area contributed by atoms with E-state index in [1.54, 1.807) is 18.2 Å². The van der Waals surface area contributed by atoms with E-state index in [0.29, 0.717) is 28.3 Å². The average molecular weight is 435 g/mol. The summed E-state index contributed by atoms with van der Waals surface area (Å²) in [5.41, 5.74) is 5.62. The average Bonchev–Trinajstić information content (AvgIpc) is 2.99. The minimum atomic E-state index is -2.78. The van der Waals surface area contributed by atoms with Crippen LogP contribution in [0.4, 0.5) is 8.78 Å². The Morgan fingerprint density at radius 1 is 1.13 bits per heavy atom. The minimum Gasteiger partial charge on any atom is -0.489 e. The Morgan fingerprint density at radius 3 is 2.53 bits per heavy atom. The topological polar surface area (TPSA) is 46.5 Å². The van der Waals surface area contributed by atoms with Gasteiger partial charge in [0.15, 0.2) is 0 Å². The molecular formula is C24H25ClF2O3. The number of hydrogen-bond acceptors (Lipinski definition) is 2. The van der Waals surface area contributed by atoms with Gasteiger partial charge in [0.2, 0.25) is 0 Å². The lowest BCUT2D eigenvalue weighted by Crippen LogP contribution is -2.12. The number of alkyl halides is 2. The molecule has 3 nitrogen and oxygen atoms in total. The lowest BCUT2D eigenvalue weighted by Gasteiger charge is -2.16. The van der Waals surface area contributed by atoms with E-state index in [-0.39, 0.29) is 25.9 Å². The third-order valence-corrected chi connectivity index (χ3v) is 6.12. The molecule has 2 aromatic carbocycles. The van der Waals surface area contributed by atoms with Crippen LogP contribution in [-0.4, -0.2) is 23.6 Å². The Morgan fingerprint density at radius 2 is 1.87 bits per heavy atom. The van der Waals surface area contributed by atoms with Crippen LogP contribution in [0.3, 0.4) is 0 Å². The fourth-order valence-corrected chi connectivity index (χ4v) is 3.94. The van der Waals surface area contributed by atoms with Crippen molar-refractivity contribution < 1.29 is 23.4 Å². The van der Waals surface area contributed by atoms with Crippen LogP contribution in [0.15, 0.2) is 35.9 Å². The number of ether oxygens (including phenoxy) is 1. The van der Waals surface area contributed by atoms with Gasteiger partial charge in [-0.2, -0.15) is 0 Å². The van der Waals surface area contributed by atoms with Crippen molar-refractivity contribution in [1.82, 2.24) is 0 Å². The van der Waals surface area contributed by atoms with Crippen LogP contribution in [-0.2, 0) is 11.2 Å². The van der Waals surface area contributed by atoms with Crippen molar-refractivity contribution in [1.29, 1.82) is 0 Å². The summed E-state index contributed by atoms with van der Waals surface area (Å²) >= 11 is 6.08. The molecule has 1 aliphatic rings. The summed E-state index contributed by atoms with van der Waals surface area (Å²) in [6.07, 6.45) is -0.121. The molecule has 30 heavy (non-hydrogen) atoms. The quantitative estimate of drug-likeness (QED) is 0.537. The van der Waals surface area contributed by atoms with Gasteiger partial charge in [0.25, 0.3) is 5.92 Å². The van der Waals surface area contributed by atoms with Gasteiger partial charge >= 0.3 is 5.97 Å². The fourth-order valence-electron chi connectivity index (χ4n) is 3.83. The van der Waals surface area contributed by atoms with Crippen LogP contribution >= 0.6 is 11.6 Å². The van der Waals surface area contributed by atoms with E-state index in [0.717, 1.165) is 27.8 Å². The maximum atomic E-state index is 14.2. The largest absolute Gasteiger partial charge is 0.489 e. The standard InChI is InChI=1S/C24H25ClF2O3/c1-14-10-18(4-7-21(14)25)20-12-24(26,27)11-19(20)13-30-22-8-5-17(6-9-23(28)29)15(2)16(22)3/h4-5,7-8,10H,6,9,11-13H2,1-3H3,(H,28,29). The van der Waals surface area contributed by atoms with Crippen molar-refractivity contribution in [2.45, 2.75) is 52.4 Å². The zero-order valence-corrected chi connectivity index (χ0v) is 18.1. The summed E-state index contributed by atoms with van der Waals surface area (Å²) in [4.78, 5) is 10.8. The van der Waals surface area contributed by atoms with Crippen LogP contribution in [0, 0.1) is 20.8 Å². The van der Waals surface area contributed by atoms with Gasteiger partial charge < -0.3 is 9.84 Å². The molecule has 0 aliphatic heterocycles. The molecule has 160 valence electrons. The van der Waals surface area contributed by atoms with E-state index in [1.165, 1.54) is 0 Å². The lowest BCUT2D eigenvalue weighted by molar-refractivity contribution is -0.136. The summed E-state index contributed by atoms with van der Waals surface area (Å²) in [5, 5.41) is 9.50. The molecule has 0 heterocycles. The summed E-state index contributed by atoms with van der Waals surface area (Å²) < 4.78 is 34.4. The SMILES string of the molecule is Cc1cc(C2=C(COc3ccc(CCC(=O)O)c(C)c3C)CC(F)(F)C2)ccc1Cl. The fraction of sp³-hybridized carbons (Fsp3) is 0.375. The molecule has 0 radical (unpaired) electrons. The van der Waals surface area contributed by atoms with E-state index in [2.05, 4.69) is 0 Å². The van der Waals surface area contributed by atoms with Gasteiger partial charge in [-0.25, -0.2) is 8.78 Å². The molecule has 6 heteroatoms. The van der Waals surface area contributed by atoms with Crippen molar-refractivity contribution in [3.8, 4) is 5.75 Å². The van der Waals surface area contributed by atoms with Gasteiger partial charge in [-0.05, 0) is 78.3 Å². The second kappa shape index (κ2) is 8.76. The highest BCUT2D eigenvalue weighted by Crippen LogP contribution is 2.44. The lowest BCUT2D eigenvalue weighted by atomic mass is 9.98. The number of benzene rings is 2. The molecule has 3 rings (SSSR count). The molecular weight excluding hydrogens is 410 g/mol. The molecule has 0 amide bonds. The molecule has 0 atom stereocenters. The van der Waals surface area contributed by atoms with E-state index < -0.39 is 11.9 Å². The molecule has 0 unspecified atom stereocenters. The smallest absolute Gasteiger partial charge is 0.303 e. The highest BCUT2D eigenvalue weighted by atomic mass is 35.5. The van der Waals surface area contributed by atoms with Crippen LogP contribution in [0.2, 0.25) is 5.02 Å². The van der Waals surface area contributed by atoms with Crippen molar-refractivity contribution in [2.24, 2.45) is 0 Å². The zero-order valence-electron chi connectivity index (χ0n) is 17.3. The first kappa shape index (κ1) is 22.3. The van der Waals surface area contributed by atoms with Crippen molar-refractivity contribution in [3.05, 3.63) is 68.7 Å². The van der Waals surface area contributed by atoms with Gasteiger partial charge in [-0.1, -0.05) is 29.8 Å². The third-order valence-electron chi connectivity index (χ3n) is 5.70. The highest BCUT2D eigenvalue weighted by molar-refractivity contribution is 6.31. The summed E-state index contributed by atoms with van der Waals surface area (Å²) in [5.74, 6) is -3.00. The van der Waals surface area contributed by atoms with Gasteiger partial charge in [-0.15, -0.1) is 0 Å². The predicted octanol–water partition coefficient (Wildman–Crippen LogP) is 6.54. The number of hydrogen-bond donors (Lipinski definition) is 1. The Bertz CT molecular complexity index is 1010. The molecule has 0 saturated carbocycles. The maximum Gasteiger partial charge on any atom is 0.303 e. The van der Waals surface area contributed by atoms with E-state index in [4.69, 9.17) is 21.4 Å². The number of aryl methyl sites for hydroxylation is 2. The second-order valence-electron chi connectivity index (χ2n) is 7.91. The summed E-state index contributed by atoms with van der Waals surface area (Å²) in [6, 6.07) is 8.99. The van der Waals surface area contributed by atoms with Crippen LogP contribution in [0.5, 0.6) is 5.75 Å². The van der Waals surface area contributed by atoms with Gasteiger partial charge in [0.05, 0.1) is 0 Å². The molecule has 2 aromatic rings. The van der Waals surface area contributed by atoms with E-state index in [1.807, 2.05) is 32.9 Å². The first-order valence-electron chi connectivity index (χ1n) is 9.86. The van der Waals surface area contributed by atoms with Crippen LogP contribution < -0.4 is 4.74 Å². The Kier molecular flexibility index (Phi) is 6.51. The summed E-state index contributed by atoms with van der Waals surface area (Å²) in [6.45, 7) is 5.76. The van der Waals surface area contributed by atoms with Gasteiger partial charge in [0.1, 0.15) is 12.4 Å². The number of carboxylic acid groups (broad SMARTS) is 1.